The zero-order valence-corrected chi connectivity index (χ0v) is 28.1. The van der Waals surface area contributed by atoms with Gasteiger partial charge in [-0.2, -0.15) is 0 Å². The van der Waals surface area contributed by atoms with E-state index in [4.69, 9.17) is 17.7 Å². The molecule has 1 aromatic heterocycles. The monoisotopic (exact) mass is 675 g/mol. The standard InChI is InChI=1S/C36H37N9O3S/c1-3-25(2)34(40-35(46)19-32-20-38-24-44(32)21-26-11-17-31(18-12-26)45(47)48)23-43(22-28-9-6-8-27-7-4-5-10-33(27)28)36(49)39-29-13-15-30(16-14-29)41-42-37/h4-18,20,24-25,34H,3,19,21-23H2,1-2H3,(H,39,49)(H,40,46)/t25-,34+/m0/s1. The molecule has 0 radical (unpaired) electrons. The smallest absolute Gasteiger partial charge is 0.269 e. The van der Waals surface area contributed by atoms with Crippen LogP contribution in [0.5, 0.6) is 0 Å². The van der Waals surface area contributed by atoms with Crippen LogP contribution < -0.4 is 10.6 Å². The third-order valence-corrected chi connectivity index (χ3v) is 8.90. The Balaban J connectivity index is 1.34. The van der Waals surface area contributed by atoms with Gasteiger partial charge < -0.3 is 20.1 Å². The van der Waals surface area contributed by atoms with E-state index in [1.165, 1.54) is 12.1 Å². The second-order valence-corrected chi connectivity index (χ2v) is 12.2. The number of carbonyl (C=O) groups excluding carboxylic acids is 1. The maximum Gasteiger partial charge on any atom is 0.269 e. The van der Waals surface area contributed by atoms with Gasteiger partial charge >= 0.3 is 0 Å². The Morgan fingerprint density at radius 2 is 1.82 bits per heavy atom. The summed E-state index contributed by atoms with van der Waals surface area (Å²) in [5.41, 5.74) is 12.7. The Morgan fingerprint density at radius 3 is 2.53 bits per heavy atom. The molecule has 0 unspecified atom stereocenters. The van der Waals surface area contributed by atoms with Crippen molar-refractivity contribution in [2.45, 2.75) is 45.8 Å². The largest absolute Gasteiger partial charge is 0.351 e. The summed E-state index contributed by atoms with van der Waals surface area (Å²) in [6.45, 7) is 5.60. The first-order chi connectivity index (χ1) is 23.7. The van der Waals surface area contributed by atoms with Gasteiger partial charge in [-0.1, -0.05) is 92.1 Å². The molecule has 1 heterocycles. The number of benzene rings is 4. The number of carbonyl (C=O) groups is 1. The SMILES string of the molecule is CC[C@H](C)[C@@H](CN(Cc1cccc2ccccc12)C(=S)Nc1ccc(N=[N+]=[N-])cc1)NC(=O)Cc1cncn1Cc1ccc([N+](=O)[O-])cc1. The van der Waals surface area contributed by atoms with Crippen LogP contribution in [0, 0.1) is 16.0 Å². The number of amides is 1. The Kier molecular flexibility index (Phi) is 11.5. The number of thiocarbonyl (C=S) groups is 1. The van der Waals surface area contributed by atoms with Crippen molar-refractivity contribution in [3.63, 3.8) is 0 Å². The van der Waals surface area contributed by atoms with Gasteiger partial charge in [-0.25, -0.2) is 4.98 Å². The van der Waals surface area contributed by atoms with Gasteiger partial charge in [0, 0.05) is 66.0 Å². The van der Waals surface area contributed by atoms with Gasteiger partial charge in [-0.05, 0) is 57.7 Å². The molecule has 49 heavy (non-hydrogen) atoms. The minimum atomic E-state index is -0.430. The number of rotatable bonds is 14. The summed E-state index contributed by atoms with van der Waals surface area (Å²) in [5, 5.41) is 24.1. The average Bonchev–Trinajstić information content (AvgIpc) is 3.54. The van der Waals surface area contributed by atoms with Crippen LogP contribution in [0.25, 0.3) is 21.2 Å². The van der Waals surface area contributed by atoms with Gasteiger partial charge in [0.05, 0.1) is 17.7 Å². The number of azide groups is 1. The number of imidazole rings is 1. The molecule has 13 heteroatoms. The fourth-order valence-corrected chi connectivity index (χ4v) is 5.85. The summed E-state index contributed by atoms with van der Waals surface area (Å²) >= 11 is 5.98. The molecule has 0 spiro atoms. The number of nitrogens with one attached hydrogen (secondary N) is 2. The molecule has 250 valence electrons. The van der Waals surface area contributed by atoms with Crippen molar-refractivity contribution in [3.8, 4) is 0 Å². The summed E-state index contributed by atoms with van der Waals surface area (Å²) < 4.78 is 1.87. The molecule has 12 nitrogen and oxygen atoms in total. The highest BCUT2D eigenvalue weighted by Crippen LogP contribution is 2.23. The number of nitro groups is 1. The van der Waals surface area contributed by atoms with Gasteiger partial charge in [0.1, 0.15) is 0 Å². The molecule has 1 amide bonds. The van der Waals surface area contributed by atoms with Gasteiger partial charge in [0.15, 0.2) is 5.11 Å². The number of nitro benzene ring substituents is 1. The summed E-state index contributed by atoms with van der Waals surface area (Å²) in [5.74, 6) is -0.0108. The molecule has 5 rings (SSSR count). The van der Waals surface area contributed by atoms with Crippen molar-refractivity contribution in [3.05, 3.63) is 141 Å². The summed E-state index contributed by atoms with van der Waals surface area (Å²) in [7, 11) is 0. The van der Waals surface area contributed by atoms with E-state index in [1.54, 1.807) is 48.9 Å². The van der Waals surface area contributed by atoms with Crippen molar-refractivity contribution < 1.29 is 9.72 Å². The number of non-ortho nitro benzene ring substituents is 1. The zero-order chi connectivity index (χ0) is 34.8. The molecule has 2 atom stereocenters. The first-order valence-electron chi connectivity index (χ1n) is 15.9. The quantitative estimate of drug-likeness (QED) is 0.0303. The van der Waals surface area contributed by atoms with Crippen molar-refractivity contribution in [2.24, 2.45) is 11.0 Å². The Morgan fingerprint density at radius 1 is 1.08 bits per heavy atom. The zero-order valence-electron chi connectivity index (χ0n) is 27.3. The molecular weight excluding hydrogens is 639 g/mol. The lowest BCUT2D eigenvalue weighted by Crippen LogP contribution is -2.50. The topological polar surface area (TPSA) is 154 Å². The predicted molar refractivity (Wildman–Crippen MR) is 195 cm³/mol. The lowest BCUT2D eigenvalue weighted by molar-refractivity contribution is -0.384. The molecule has 4 aromatic carbocycles. The lowest BCUT2D eigenvalue weighted by Gasteiger charge is -2.33. The van der Waals surface area contributed by atoms with Crippen LogP contribution in [0.1, 0.15) is 37.1 Å². The maximum absolute atomic E-state index is 13.6. The number of aromatic nitrogens is 2. The Hall–Kier alpha value is -5.78. The average molecular weight is 676 g/mol. The summed E-state index contributed by atoms with van der Waals surface area (Å²) in [6, 6.07) is 27.6. The third kappa shape index (κ3) is 9.19. The number of hydrogen-bond acceptors (Lipinski definition) is 6. The fraction of sp³-hybridized carbons (Fsp3) is 0.250. The van der Waals surface area contributed by atoms with Gasteiger partial charge in [0.25, 0.3) is 5.69 Å². The minimum absolute atomic E-state index is 0.0254. The van der Waals surface area contributed by atoms with Crippen LogP contribution in [0.4, 0.5) is 17.1 Å². The van der Waals surface area contributed by atoms with Crippen LogP contribution in [0.15, 0.2) is 109 Å². The van der Waals surface area contributed by atoms with E-state index >= 15 is 0 Å². The van der Waals surface area contributed by atoms with Crippen LogP contribution in [-0.2, 0) is 24.3 Å². The van der Waals surface area contributed by atoms with Crippen LogP contribution in [0.3, 0.4) is 0 Å². The van der Waals surface area contributed by atoms with Crippen molar-refractivity contribution >= 4 is 51.1 Å². The van der Waals surface area contributed by atoms with Crippen molar-refractivity contribution in [1.82, 2.24) is 19.8 Å². The predicted octanol–water partition coefficient (Wildman–Crippen LogP) is 7.91. The summed E-state index contributed by atoms with van der Waals surface area (Å²) in [4.78, 5) is 33.4. The Labute approximate surface area is 289 Å². The number of hydrogen-bond donors (Lipinski definition) is 2. The van der Waals surface area contributed by atoms with Crippen molar-refractivity contribution in [2.75, 3.05) is 11.9 Å². The molecule has 0 aliphatic heterocycles. The van der Waals surface area contributed by atoms with E-state index in [-0.39, 0.29) is 30.0 Å². The van der Waals surface area contributed by atoms with Crippen LogP contribution in [-0.4, -0.2) is 43.0 Å². The first kappa shape index (κ1) is 34.6. The van der Waals surface area contributed by atoms with Crippen LogP contribution in [0.2, 0.25) is 0 Å². The third-order valence-electron chi connectivity index (χ3n) is 8.54. The minimum Gasteiger partial charge on any atom is -0.351 e. The molecule has 2 N–H and O–H groups in total. The molecule has 0 aliphatic carbocycles. The summed E-state index contributed by atoms with van der Waals surface area (Å²) in [6.07, 6.45) is 4.28. The van der Waals surface area contributed by atoms with E-state index in [0.29, 0.717) is 30.4 Å². The highest BCUT2D eigenvalue weighted by atomic mass is 32.1. The number of anilines is 1. The molecule has 0 aliphatic rings. The first-order valence-corrected chi connectivity index (χ1v) is 16.3. The molecule has 0 saturated carbocycles. The number of nitrogens with zero attached hydrogens (tertiary/aromatic N) is 7. The molecular formula is C36H37N9O3S. The van der Waals surface area contributed by atoms with Gasteiger partial charge in [0.2, 0.25) is 5.91 Å². The van der Waals surface area contributed by atoms with Gasteiger partial charge in [-0.3, -0.25) is 14.9 Å². The highest BCUT2D eigenvalue weighted by molar-refractivity contribution is 7.80. The normalized spacial score (nSPS) is 12.0. The van der Waals surface area contributed by atoms with E-state index < -0.39 is 4.92 Å². The number of fused-ring (bicyclic) bond motifs is 1. The molecule has 0 bridgehead atoms. The van der Waals surface area contributed by atoms with E-state index in [9.17, 15) is 14.9 Å². The fourth-order valence-electron chi connectivity index (χ4n) is 5.59. The van der Waals surface area contributed by atoms with E-state index in [1.807, 2.05) is 22.8 Å². The molecule has 0 fully saturated rings. The second-order valence-electron chi connectivity index (χ2n) is 11.9. The second kappa shape index (κ2) is 16.4. The van der Waals surface area contributed by atoms with Gasteiger partial charge in [-0.15, -0.1) is 0 Å². The Bertz CT molecular complexity index is 1970. The van der Waals surface area contributed by atoms with E-state index in [0.717, 1.165) is 39.7 Å². The van der Waals surface area contributed by atoms with E-state index in [2.05, 4.69) is 68.7 Å². The maximum atomic E-state index is 13.6. The lowest BCUT2D eigenvalue weighted by atomic mass is 9.97. The molecule has 0 saturated heterocycles. The van der Waals surface area contributed by atoms with Crippen molar-refractivity contribution in [1.29, 1.82) is 0 Å². The van der Waals surface area contributed by atoms with Crippen LogP contribution >= 0.6 is 12.2 Å². The highest BCUT2D eigenvalue weighted by Gasteiger charge is 2.24. The molecule has 5 aromatic rings.